The predicted octanol–water partition coefficient (Wildman–Crippen LogP) is -0.146. The molecule has 1 amide bonds. The van der Waals surface area contributed by atoms with Crippen LogP contribution in [0.1, 0.15) is 27.2 Å². The molecule has 6 nitrogen and oxygen atoms in total. The zero-order valence-electron chi connectivity index (χ0n) is 12.0. The molecule has 0 aliphatic carbocycles. The molecule has 0 spiro atoms. The van der Waals surface area contributed by atoms with Gasteiger partial charge in [0.1, 0.15) is 0 Å². The maximum atomic E-state index is 12.1. The number of carbonyl (C=O) groups is 1. The van der Waals surface area contributed by atoms with Gasteiger partial charge in [-0.05, 0) is 13.3 Å². The fraction of sp³-hybridized carbons (Fsp3) is 0.917. The molecule has 19 heavy (non-hydrogen) atoms. The van der Waals surface area contributed by atoms with Crippen LogP contribution in [-0.2, 0) is 14.8 Å². The molecule has 1 aliphatic rings. The van der Waals surface area contributed by atoms with Gasteiger partial charge in [-0.1, -0.05) is 13.8 Å². The normalized spacial score (nSPS) is 21.2. The first-order chi connectivity index (χ1) is 8.79. The van der Waals surface area contributed by atoms with Crippen molar-refractivity contribution in [3.8, 4) is 0 Å². The average molecular weight is 291 g/mol. The summed E-state index contributed by atoms with van der Waals surface area (Å²) in [5, 5.41) is 0. The summed E-state index contributed by atoms with van der Waals surface area (Å²) in [6.07, 6.45) is 0.614. The summed E-state index contributed by atoms with van der Waals surface area (Å²) >= 11 is 0. The fourth-order valence-electron chi connectivity index (χ4n) is 2.09. The average Bonchev–Trinajstić information content (AvgIpc) is 2.37. The van der Waals surface area contributed by atoms with Gasteiger partial charge in [0.05, 0.1) is 11.7 Å². The van der Waals surface area contributed by atoms with Crippen LogP contribution in [-0.4, -0.2) is 61.5 Å². The van der Waals surface area contributed by atoms with Crippen molar-refractivity contribution in [3.05, 3.63) is 0 Å². The van der Waals surface area contributed by atoms with E-state index in [1.54, 1.807) is 4.90 Å². The molecule has 0 radical (unpaired) electrons. The van der Waals surface area contributed by atoms with Crippen LogP contribution in [0.25, 0.3) is 0 Å². The molecule has 1 aliphatic heterocycles. The van der Waals surface area contributed by atoms with Gasteiger partial charge in [0.2, 0.25) is 15.9 Å². The van der Waals surface area contributed by atoms with Gasteiger partial charge < -0.3 is 10.6 Å². The number of amides is 1. The van der Waals surface area contributed by atoms with E-state index >= 15 is 0 Å². The highest BCUT2D eigenvalue weighted by Gasteiger charge is 2.30. The van der Waals surface area contributed by atoms with Crippen LogP contribution in [0.15, 0.2) is 0 Å². The first-order valence-corrected chi connectivity index (χ1v) is 8.42. The molecule has 0 bridgehead atoms. The largest absolute Gasteiger partial charge is 0.340 e. The van der Waals surface area contributed by atoms with Crippen LogP contribution in [0.3, 0.4) is 0 Å². The summed E-state index contributed by atoms with van der Waals surface area (Å²) in [5.41, 5.74) is 5.73. The van der Waals surface area contributed by atoms with Crippen LogP contribution in [0.5, 0.6) is 0 Å². The van der Waals surface area contributed by atoms with Crippen LogP contribution < -0.4 is 5.73 Å². The van der Waals surface area contributed by atoms with Crippen LogP contribution >= 0.6 is 0 Å². The first kappa shape index (κ1) is 16.4. The Hall–Kier alpha value is -0.660. The molecule has 2 unspecified atom stereocenters. The smallest absolute Gasteiger partial charge is 0.227 e. The summed E-state index contributed by atoms with van der Waals surface area (Å²) in [5.74, 6) is -0.0293. The summed E-state index contributed by atoms with van der Waals surface area (Å²) < 4.78 is 25.3. The maximum absolute atomic E-state index is 12.1. The maximum Gasteiger partial charge on any atom is 0.227 e. The molecule has 0 saturated carbocycles. The Morgan fingerprint density at radius 2 is 1.74 bits per heavy atom. The summed E-state index contributed by atoms with van der Waals surface area (Å²) in [4.78, 5) is 13.8. The van der Waals surface area contributed by atoms with E-state index in [4.69, 9.17) is 5.73 Å². The van der Waals surface area contributed by atoms with Gasteiger partial charge in [-0.2, -0.15) is 4.31 Å². The van der Waals surface area contributed by atoms with Gasteiger partial charge in [-0.3, -0.25) is 4.79 Å². The topological polar surface area (TPSA) is 83.7 Å². The third-order valence-electron chi connectivity index (χ3n) is 3.58. The number of nitrogens with two attached hydrogens (primary N) is 1. The zero-order valence-corrected chi connectivity index (χ0v) is 12.8. The Morgan fingerprint density at radius 1 is 1.21 bits per heavy atom. The third-order valence-corrected chi connectivity index (χ3v) is 5.66. The van der Waals surface area contributed by atoms with E-state index in [9.17, 15) is 13.2 Å². The monoisotopic (exact) mass is 291 g/mol. The second kappa shape index (κ2) is 6.67. The minimum atomic E-state index is -3.15. The molecule has 112 valence electrons. The Labute approximate surface area is 116 Å². The minimum Gasteiger partial charge on any atom is -0.340 e. The lowest BCUT2D eigenvalue weighted by Crippen LogP contribution is -2.53. The molecule has 0 aromatic heterocycles. The van der Waals surface area contributed by atoms with Crippen molar-refractivity contribution in [1.29, 1.82) is 0 Å². The van der Waals surface area contributed by atoms with E-state index in [-0.39, 0.29) is 23.6 Å². The minimum absolute atomic E-state index is 0.0162. The lowest BCUT2D eigenvalue weighted by atomic mass is 10.0. The third kappa shape index (κ3) is 4.15. The number of carbonyl (C=O) groups excluding carboxylic acids is 1. The van der Waals surface area contributed by atoms with E-state index in [1.165, 1.54) is 4.31 Å². The number of sulfonamides is 1. The van der Waals surface area contributed by atoms with E-state index in [1.807, 2.05) is 20.8 Å². The Morgan fingerprint density at radius 3 is 2.16 bits per heavy atom. The van der Waals surface area contributed by atoms with Gasteiger partial charge in [-0.25, -0.2) is 8.42 Å². The fourth-order valence-corrected chi connectivity index (χ4v) is 3.58. The Bertz CT molecular complexity index is 400. The standard InChI is InChI=1S/C12H25N3O3S/c1-4-9-19(17,18)15-7-5-14(6-8-15)12(16)10(2)11(3)13/h10-11H,4-9,13H2,1-3H3. The number of rotatable bonds is 5. The van der Waals surface area contributed by atoms with Gasteiger partial charge >= 0.3 is 0 Å². The Kier molecular flexibility index (Phi) is 5.76. The number of piperazine rings is 1. The number of hydrogen-bond acceptors (Lipinski definition) is 4. The van der Waals surface area contributed by atoms with Crippen molar-refractivity contribution in [2.45, 2.75) is 33.2 Å². The van der Waals surface area contributed by atoms with Crippen molar-refractivity contribution in [2.75, 3.05) is 31.9 Å². The summed E-state index contributed by atoms with van der Waals surface area (Å²) in [6, 6.07) is -0.186. The second-order valence-corrected chi connectivity index (χ2v) is 7.28. The highest BCUT2D eigenvalue weighted by Crippen LogP contribution is 2.13. The van der Waals surface area contributed by atoms with Crippen molar-refractivity contribution in [2.24, 2.45) is 11.7 Å². The molecule has 7 heteroatoms. The summed E-state index contributed by atoms with van der Waals surface area (Å²) in [7, 11) is -3.15. The zero-order chi connectivity index (χ0) is 14.6. The predicted molar refractivity (Wildman–Crippen MR) is 75.0 cm³/mol. The van der Waals surface area contributed by atoms with Gasteiger partial charge in [-0.15, -0.1) is 0 Å². The highest BCUT2D eigenvalue weighted by molar-refractivity contribution is 7.89. The van der Waals surface area contributed by atoms with Crippen molar-refractivity contribution >= 4 is 15.9 Å². The molecular formula is C12H25N3O3S. The molecular weight excluding hydrogens is 266 g/mol. The molecule has 1 saturated heterocycles. The quantitative estimate of drug-likeness (QED) is 0.764. The van der Waals surface area contributed by atoms with Gasteiger partial charge in [0.15, 0.2) is 0 Å². The van der Waals surface area contributed by atoms with E-state index in [2.05, 4.69) is 0 Å². The van der Waals surface area contributed by atoms with E-state index in [0.717, 1.165) is 0 Å². The molecule has 1 fully saturated rings. The SMILES string of the molecule is CCCS(=O)(=O)N1CCN(C(=O)C(C)C(C)N)CC1. The van der Waals surface area contributed by atoms with Crippen molar-refractivity contribution < 1.29 is 13.2 Å². The number of hydrogen-bond donors (Lipinski definition) is 1. The van der Waals surface area contributed by atoms with Crippen LogP contribution in [0.2, 0.25) is 0 Å². The molecule has 2 atom stereocenters. The van der Waals surface area contributed by atoms with Gasteiger partial charge in [0, 0.05) is 32.2 Å². The van der Waals surface area contributed by atoms with Crippen LogP contribution in [0, 0.1) is 5.92 Å². The highest BCUT2D eigenvalue weighted by atomic mass is 32.2. The second-order valence-electron chi connectivity index (χ2n) is 5.19. The van der Waals surface area contributed by atoms with Gasteiger partial charge in [0.25, 0.3) is 0 Å². The lowest BCUT2D eigenvalue weighted by molar-refractivity contribution is -0.136. The van der Waals surface area contributed by atoms with Crippen LogP contribution in [0.4, 0.5) is 0 Å². The molecule has 1 rings (SSSR count). The Balaban J connectivity index is 2.56. The lowest BCUT2D eigenvalue weighted by Gasteiger charge is -2.35. The van der Waals surface area contributed by atoms with Crippen molar-refractivity contribution in [1.82, 2.24) is 9.21 Å². The summed E-state index contributed by atoms with van der Waals surface area (Å²) in [6.45, 7) is 7.16. The molecule has 1 heterocycles. The number of nitrogens with zero attached hydrogens (tertiary/aromatic N) is 2. The van der Waals surface area contributed by atoms with Crippen molar-refractivity contribution in [3.63, 3.8) is 0 Å². The first-order valence-electron chi connectivity index (χ1n) is 6.81. The molecule has 0 aromatic rings. The van der Waals surface area contributed by atoms with E-state index in [0.29, 0.717) is 32.6 Å². The molecule has 0 aromatic carbocycles. The van der Waals surface area contributed by atoms with E-state index < -0.39 is 10.0 Å². The molecule has 2 N–H and O–H groups in total.